The van der Waals surface area contributed by atoms with Crippen molar-refractivity contribution in [3.8, 4) is 5.75 Å². The maximum absolute atomic E-state index is 15.8. The summed E-state index contributed by atoms with van der Waals surface area (Å²) in [6.07, 6.45) is 1.27. The van der Waals surface area contributed by atoms with Gasteiger partial charge in [-0.15, -0.1) is 0 Å². The van der Waals surface area contributed by atoms with E-state index in [4.69, 9.17) is 23.7 Å². The largest absolute Gasteiger partial charge is 0.491 e. The molecule has 10 heteroatoms. The van der Waals surface area contributed by atoms with Crippen LogP contribution < -0.4 is 4.74 Å². The van der Waals surface area contributed by atoms with Crippen LogP contribution in [0.25, 0.3) is 5.57 Å². The van der Waals surface area contributed by atoms with Gasteiger partial charge >= 0.3 is 5.97 Å². The second-order valence-electron chi connectivity index (χ2n) is 11.4. The lowest BCUT2D eigenvalue weighted by Gasteiger charge is -2.44. The van der Waals surface area contributed by atoms with Crippen LogP contribution in [0.3, 0.4) is 0 Å². The number of carbonyl (C=O) groups is 1. The molecular weight excluding hydrogens is 563 g/mol. The first-order valence-electron chi connectivity index (χ1n) is 14.8. The Morgan fingerprint density at radius 2 is 1.60 bits per heavy atom. The molecule has 2 atom stereocenters. The van der Waals surface area contributed by atoms with Gasteiger partial charge in [-0.1, -0.05) is 24.3 Å². The number of hydrogen-bond acceptors (Lipinski definition) is 7. The molecule has 0 radical (unpaired) electrons. The molecule has 0 saturated heterocycles. The van der Waals surface area contributed by atoms with E-state index in [9.17, 15) is 9.18 Å². The summed E-state index contributed by atoms with van der Waals surface area (Å²) in [5.41, 5.74) is 2.64. The summed E-state index contributed by atoms with van der Waals surface area (Å²) >= 11 is 0. The minimum Gasteiger partial charge on any atom is -0.491 e. The number of ether oxygens (including phenoxy) is 5. The molecule has 2 aromatic rings. The molecule has 2 aliphatic rings. The molecule has 1 heterocycles. The molecule has 0 unspecified atom stereocenters. The van der Waals surface area contributed by atoms with Gasteiger partial charge in [0, 0.05) is 30.3 Å². The molecular formula is C33H42F3NO6. The van der Waals surface area contributed by atoms with Crippen LogP contribution in [0.4, 0.5) is 13.2 Å². The summed E-state index contributed by atoms with van der Waals surface area (Å²) < 4.78 is 72.8. The lowest BCUT2D eigenvalue weighted by Crippen LogP contribution is -2.47. The molecule has 0 aromatic heterocycles. The standard InChI is InChI=1S/C33H42F3NO6/c1-5-42-30(38)20-41-13-12-39-10-11-40-14-15-43-24-18-28(34)31(29(35)19-24)32-27-17-23-8-6-7-9-25(23)26(27)16-22(2)37(32)21-33(3,4)36/h6-9,18-19,22,32H,5,10-17,20-21H2,1-4H3/t22-,32+/m1/s1. The van der Waals surface area contributed by atoms with Gasteiger partial charge in [-0.3, -0.25) is 4.90 Å². The average molecular weight is 606 g/mol. The number of rotatable bonds is 16. The van der Waals surface area contributed by atoms with Crippen molar-refractivity contribution in [2.75, 3.05) is 59.4 Å². The summed E-state index contributed by atoms with van der Waals surface area (Å²) in [4.78, 5) is 13.1. The zero-order valence-corrected chi connectivity index (χ0v) is 25.4. The molecule has 0 bridgehead atoms. The van der Waals surface area contributed by atoms with E-state index in [1.54, 1.807) is 6.92 Å². The van der Waals surface area contributed by atoms with Gasteiger partial charge in [-0.05, 0) is 62.8 Å². The van der Waals surface area contributed by atoms with Gasteiger partial charge < -0.3 is 23.7 Å². The molecule has 2 aromatic carbocycles. The number of esters is 1. The Bertz CT molecular complexity index is 1250. The summed E-state index contributed by atoms with van der Waals surface area (Å²) in [6.45, 7) is 8.38. The smallest absolute Gasteiger partial charge is 0.332 e. The topological polar surface area (TPSA) is 66.5 Å². The van der Waals surface area contributed by atoms with E-state index >= 15 is 8.78 Å². The molecule has 0 spiro atoms. The number of halogens is 3. The molecule has 1 aliphatic heterocycles. The Morgan fingerprint density at radius 1 is 0.977 bits per heavy atom. The van der Waals surface area contributed by atoms with Gasteiger partial charge in [-0.2, -0.15) is 0 Å². The molecule has 0 fully saturated rings. The van der Waals surface area contributed by atoms with E-state index in [2.05, 4.69) is 6.07 Å². The van der Waals surface area contributed by atoms with E-state index in [0.29, 0.717) is 39.3 Å². The van der Waals surface area contributed by atoms with Crippen LogP contribution in [0.5, 0.6) is 5.75 Å². The molecule has 0 saturated carbocycles. The van der Waals surface area contributed by atoms with Crippen LogP contribution in [-0.2, 0) is 30.2 Å². The van der Waals surface area contributed by atoms with E-state index < -0.39 is 29.3 Å². The lowest BCUT2D eigenvalue weighted by molar-refractivity contribution is -0.149. The second-order valence-corrected chi connectivity index (χ2v) is 11.4. The van der Waals surface area contributed by atoms with Crippen molar-refractivity contribution in [1.82, 2.24) is 4.90 Å². The Kier molecular flexibility index (Phi) is 11.7. The molecule has 0 amide bonds. The Labute approximate surface area is 251 Å². The highest BCUT2D eigenvalue weighted by Gasteiger charge is 2.43. The molecule has 0 N–H and O–H groups in total. The van der Waals surface area contributed by atoms with Crippen LogP contribution in [0, 0.1) is 11.6 Å². The van der Waals surface area contributed by atoms with Gasteiger partial charge in [0.25, 0.3) is 0 Å². The quantitative estimate of drug-likeness (QED) is 0.176. The fourth-order valence-corrected chi connectivity index (χ4v) is 5.77. The fourth-order valence-electron chi connectivity index (χ4n) is 5.77. The number of carbonyl (C=O) groups excluding carboxylic acids is 1. The minimum absolute atomic E-state index is 0.0464. The van der Waals surface area contributed by atoms with E-state index in [1.165, 1.54) is 26.0 Å². The Morgan fingerprint density at radius 3 is 2.26 bits per heavy atom. The summed E-state index contributed by atoms with van der Waals surface area (Å²) in [5, 5.41) is 0. The second kappa shape index (κ2) is 15.2. The highest BCUT2D eigenvalue weighted by molar-refractivity contribution is 5.79. The number of nitrogens with zero attached hydrogens (tertiary/aromatic N) is 1. The maximum atomic E-state index is 15.8. The number of fused-ring (bicyclic) bond motifs is 2. The first kappa shape index (κ1) is 33.0. The van der Waals surface area contributed by atoms with Crippen LogP contribution >= 0.6 is 0 Å². The normalized spacial score (nSPS) is 18.5. The summed E-state index contributed by atoms with van der Waals surface area (Å²) in [7, 11) is 0. The van der Waals surface area contributed by atoms with Crippen molar-refractivity contribution in [2.45, 2.75) is 58.3 Å². The number of alkyl halides is 1. The first-order chi connectivity index (χ1) is 20.6. The third-order valence-electron chi connectivity index (χ3n) is 7.49. The molecule has 1 aliphatic carbocycles. The van der Waals surface area contributed by atoms with Crippen molar-refractivity contribution in [2.24, 2.45) is 0 Å². The van der Waals surface area contributed by atoms with Crippen LogP contribution in [0.2, 0.25) is 0 Å². The predicted molar refractivity (Wildman–Crippen MR) is 157 cm³/mol. The van der Waals surface area contributed by atoms with Crippen molar-refractivity contribution < 1.29 is 41.7 Å². The first-order valence-corrected chi connectivity index (χ1v) is 14.8. The van der Waals surface area contributed by atoms with Gasteiger partial charge in [0.1, 0.15) is 36.3 Å². The van der Waals surface area contributed by atoms with E-state index in [-0.39, 0.29) is 50.3 Å². The van der Waals surface area contributed by atoms with E-state index in [1.807, 2.05) is 30.0 Å². The highest BCUT2D eigenvalue weighted by atomic mass is 19.1. The Balaban J connectivity index is 1.33. The average Bonchev–Trinajstić information content (AvgIpc) is 3.30. The van der Waals surface area contributed by atoms with Crippen molar-refractivity contribution in [3.05, 3.63) is 70.3 Å². The minimum atomic E-state index is -1.55. The van der Waals surface area contributed by atoms with Gasteiger partial charge in [0.2, 0.25) is 0 Å². The predicted octanol–water partition coefficient (Wildman–Crippen LogP) is 5.85. The van der Waals surface area contributed by atoms with Crippen molar-refractivity contribution in [1.29, 1.82) is 0 Å². The SMILES string of the molecule is CCOC(=O)COCCOCCOCCOc1cc(F)c([C@@H]2C3=C(C[C@@H](C)N2CC(C)(C)F)c2ccccc2C3)c(F)c1. The highest BCUT2D eigenvalue weighted by Crippen LogP contribution is 2.50. The van der Waals surface area contributed by atoms with Crippen LogP contribution in [0.1, 0.15) is 56.8 Å². The third-order valence-corrected chi connectivity index (χ3v) is 7.49. The number of hydrogen-bond donors (Lipinski definition) is 0. The van der Waals surface area contributed by atoms with Crippen molar-refractivity contribution in [3.63, 3.8) is 0 Å². The number of benzene rings is 2. The maximum Gasteiger partial charge on any atom is 0.332 e. The Hall–Kier alpha value is -2.92. The zero-order valence-electron chi connectivity index (χ0n) is 25.4. The zero-order chi connectivity index (χ0) is 31.0. The van der Waals surface area contributed by atoms with Gasteiger partial charge in [-0.25, -0.2) is 18.0 Å². The monoisotopic (exact) mass is 605 g/mol. The van der Waals surface area contributed by atoms with Crippen LogP contribution in [0.15, 0.2) is 42.0 Å². The van der Waals surface area contributed by atoms with Gasteiger partial charge in [0.05, 0.1) is 45.7 Å². The summed E-state index contributed by atoms with van der Waals surface area (Å²) in [6, 6.07) is 9.58. The molecule has 236 valence electrons. The summed E-state index contributed by atoms with van der Waals surface area (Å²) in [5.74, 6) is -1.81. The fraction of sp³-hybridized carbons (Fsp3) is 0.545. The molecule has 4 rings (SSSR count). The molecule has 7 nitrogen and oxygen atoms in total. The lowest BCUT2D eigenvalue weighted by atomic mass is 9.84. The molecule has 43 heavy (non-hydrogen) atoms. The van der Waals surface area contributed by atoms with Gasteiger partial charge in [0.15, 0.2) is 0 Å². The van der Waals surface area contributed by atoms with Crippen molar-refractivity contribution >= 4 is 11.5 Å². The van der Waals surface area contributed by atoms with E-state index in [0.717, 1.165) is 22.3 Å². The van der Waals surface area contributed by atoms with Crippen LogP contribution in [-0.4, -0.2) is 82.0 Å². The third kappa shape index (κ3) is 8.81.